The van der Waals surface area contributed by atoms with Crippen LogP contribution in [0.1, 0.15) is 22.4 Å². The number of rotatable bonds is 3. The Morgan fingerprint density at radius 1 is 1.38 bits per heavy atom. The molecule has 0 spiro atoms. The van der Waals surface area contributed by atoms with E-state index in [9.17, 15) is 5.11 Å². The van der Waals surface area contributed by atoms with Crippen LogP contribution in [0, 0.1) is 10.5 Å². The molecule has 1 unspecified atom stereocenters. The molecule has 0 aliphatic heterocycles. The second kappa shape index (κ2) is 5.25. The van der Waals surface area contributed by atoms with Gasteiger partial charge in [-0.15, -0.1) is 11.3 Å². The molecule has 16 heavy (non-hydrogen) atoms. The monoisotopic (exact) mass is 345 g/mol. The SMILES string of the molecule is Cc1nc(C(O)Cc2ccc(I)cc2)cs1. The van der Waals surface area contributed by atoms with Crippen molar-refractivity contribution in [2.75, 3.05) is 0 Å². The third kappa shape index (κ3) is 3.02. The minimum absolute atomic E-state index is 0.495. The van der Waals surface area contributed by atoms with Gasteiger partial charge in [0, 0.05) is 15.4 Å². The molecule has 0 aliphatic rings. The van der Waals surface area contributed by atoms with Crippen LogP contribution in [0.4, 0.5) is 0 Å². The van der Waals surface area contributed by atoms with Gasteiger partial charge in [-0.05, 0) is 47.2 Å². The Morgan fingerprint density at radius 3 is 2.62 bits per heavy atom. The van der Waals surface area contributed by atoms with Crippen molar-refractivity contribution in [1.82, 2.24) is 4.98 Å². The second-order valence-electron chi connectivity index (χ2n) is 3.64. The summed E-state index contributed by atoms with van der Waals surface area (Å²) in [6.07, 6.45) is 0.130. The molecule has 2 aromatic rings. The van der Waals surface area contributed by atoms with Crippen molar-refractivity contribution in [3.63, 3.8) is 0 Å². The lowest BCUT2D eigenvalue weighted by Crippen LogP contribution is -2.02. The highest BCUT2D eigenvalue weighted by Gasteiger charge is 2.11. The summed E-state index contributed by atoms with van der Waals surface area (Å²) in [5.41, 5.74) is 1.92. The zero-order valence-corrected chi connectivity index (χ0v) is 11.8. The van der Waals surface area contributed by atoms with Gasteiger partial charge in [-0.2, -0.15) is 0 Å². The van der Waals surface area contributed by atoms with Gasteiger partial charge >= 0.3 is 0 Å². The van der Waals surface area contributed by atoms with E-state index in [4.69, 9.17) is 0 Å². The highest BCUT2D eigenvalue weighted by Crippen LogP contribution is 2.20. The Labute approximate surface area is 112 Å². The van der Waals surface area contributed by atoms with Crippen LogP contribution in [0.2, 0.25) is 0 Å². The second-order valence-corrected chi connectivity index (χ2v) is 5.95. The van der Waals surface area contributed by atoms with Gasteiger partial charge < -0.3 is 5.11 Å². The summed E-state index contributed by atoms with van der Waals surface area (Å²) >= 11 is 3.85. The van der Waals surface area contributed by atoms with Gasteiger partial charge in [0.2, 0.25) is 0 Å². The van der Waals surface area contributed by atoms with E-state index in [2.05, 4.69) is 39.7 Å². The van der Waals surface area contributed by atoms with Crippen molar-refractivity contribution in [1.29, 1.82) is 0 Å². The molecule has 0 saturated heterocycles. The van der Waals surface area contributed by atoms with E-state index in [1.807, 2.05) is 24.4 Å². The highest BCUT2D eigenvalue weighted by molar-refractivity contribution is 14.1. The molecule has 2 nitrogen and oxygen atoms in total. The van der Waals surface area contributed by atoms with Gasteiger partial charge in [0.15, 0.2) is 0 Å². The lowest BCUT2D eigenvalue weighted by molar-refractivity contribution is 0.174. The maximum atomic E-state index is 10.00. The van der Waals surface area contributed by atoms with Crippen LogP contribution in [0.15, 0.2) is 29.6 Å². The normalized spacial score (nSPS) is 12.7. The molecule has 0 fully saturated rings. The molecule has 0 bridgehead atoms. The Balaban J connectivity index is 2.07. The van der Waals surface area contributed by atoms with Gasteiger partial charge in [0.1, 0.15) is 6.10 Å². The van der Waals surface area contributed by atoms with Gasteiger partial charge in [0.05, 0.1) is 10.7 Å². The van der Waals surface area contributed by atoms with Crippen LogP contribution in [0.3, 0.4) is 0 Å². The summed E-state index contributed by atoms with van der Waals surface area (Å²) in [5, 5.41) is 12.9. The first-order valence-electron chi connectivity index (χ1n) is 4.99. The first-order valence-corrected chi connectivity index (χ1v) is 6.95. The molecule has 1 heterocycles. The number of aryl methyl sites for hydroxylation is 1. The molecule has 1 atom stereocenters. The van der Waals surface area contributed by atoms with E-state index in [0.29, 0.717) is 6.42 Å². The summed E-state index contributed by atoms with van der Waals surface area (Å²) in [6.45, 7) is 1.95. The standard InChI is InChI=1S/C12H12INOS/c1-8-14-11(7-16-8)12(15)6-9-2-4-10(13)5-3-9/h2-5,7,12,15H,6H2,1H3. The van der Waals surface area contributed by atoms with Crippen LogP contribution in [-0.2, 0) is 6.42 Å². The first kappa shape index (κ1) is 12.0. The third-order valence-electron chi connectivity index (χ3n) is 2.32. The molecular formula is C12H12INOS. The summed E-state index contributed by atoms with van der Waals surface area (Å²) in [6, 6.07) is 8.19. The zero-order chi connectivity index (χ0) is 11.5. The maximum absolute atomic E-state index is 10.00. The summed E-state index contributed by atoms with van der Waals surface area (Å²) < 4.78 is 1.21. The number of benzene rings is 1. The molecule has 84 valence electrons. The van der Waals surface area contributed by atoms with E-state index in [0.717, 1.165) is 16.3 Å². The molecule has 0 amide bonds. The van der Waals surface area contributed by atoms with Crippen molar-refractivity contribution in [3.8, 4) is 0 Å². The van der Waals surface area contributed by atoms with E-state index < -0.39 is 6.10 Å². The quantitative estimate of drug-likeness (QED) is 0.866. The van der Waals surface area contributed by atoms with Gasteiger partial charge in [-0.1, -0.05) is 12.1 Å². The van der Waals surface area contributed by atoms with Crippen molar-refractivity contribution in [3.05, 3.63) is 49.5 Å². The fourth-order valence-corrected chi connectivity index (χ4v) is 2.50. The van der Waals surface area contributed by atoms with E-state index in [1.54, 1.807) is 11.3 Å². The van der Waals surface area contributed by atoms with Crippen LogP contribution in [0.5, 0.6) is 0 Å². The maximum Gasteiger partial charge on any atom is 0.101 e. The molecule has 1 aromatic carbocycles. The Bertz CT molecular complexity index is 466. The van der Waals surface area contributed by atoms with E-state index in [1.165, 1.54) is 3.57 Å². The van der Waals surface area contributed by atoms with Crippen LogP contribution >= 0.6 is 33.9 Å². The minimum Gasteiger partial charge on any atom is -0.386 e. The Morgan fingerprint density at radius 2 is 2.06 bits per heavy atom. The first-order chi connectivity index (χ1) is 7.65. The molecule has 2 rings (SSSR count). The smallest absolute Gasteiger partial charge is 0.101 e. The van der Waals surface area contributed by atoms with Crippen molar-refractivity contribution >= 4 is 33.9 Å². The molecular weight excluding hydrogens is 333 g/mol. The van der Waals surface area contributed by atoms with Crippen LogP contribution < -0.4 is 0 Å². The van der Waals surface area contributed by atoms with E-state index >= 15 is 0 Å². The molecule has 0 saturated carbocycles. The molecule has 0 radical (unpaired) electrons. The average molecular weight is 345 g/mol. The molecule has 1 N–H and O–H groups in total. The average Bonchev–Trinajstić information content (AvgIpc) is 2.68. The number of aliphatic hydroxyl groups excluding tert-OH is 1. The molecule has 4 heteroatoms. The van der Waals surface area contributed by atoms with Crippen LogP contribution in [-0.4, -0.2) is 10.1 Å². The Kier molecular flexibility index (Phi) is 3.94. The van der Waals surface area contributed by atoms with Crippen molar-refractivity contribution < 1.29 is 5.11 Å². The molecule has 1 aromatic heterocycles. The van der Waals surface area contributed by atoms with Crippen molar-refractivity contribution in [2.24, 2.45) is 0 Å². The van der Waals surface area contributed by atoms with Gasteiger partial charge in [-0.3, -0.25) is 0 Å². The fourth-order valence-electron chi connectivity index (χ4n) is 1.48. The number of thiazole rings is 1. The predicted octanol–water partition coefficient (Wildman–Crippen LogP) is 3.33. The number of aromatic nitrogens is 1. The van der Waals surface area contributed by atoms with Gasteiger partial charge in [-0.25, -0.2) is 4.98 Å². The highest BCUT2D eigenvalue weighted by atomic mass is 127. The van der Waals surface area contributed by atoms with E-state index in [-0.39, 0.29) is 0 Å². The number of halogens is 1. The van der Waals surface area contributed by atoms with Gasteiger partial charge in [0.25, 0.3) is 0 Å². The number of aliphatic hydroxyl groups is 1. The predicted molar refractivity (Wildman–Crippen MR) is 74.7 cm³/mol. The third-order valence-corrected chi connectivity index (χ3v) is 3.83. The topological polar surface area (TPSA) is 33.1 Å². The van der Waals surface area contributed by atoms with Crippen LogP contribution in [0.25, 0.3) is 0 Å². The number of hydrogen-bond donors (Lipinski definition) is 1. The summed E-state index contributed by atoms with van der Waals surface area (Å²) in [4.78, 5) is 4.29. The molecule has 0 aliphatic carbocycles. The lowest BCUT2D eigenvalue weighted by Gasteiger charge is -2.07. The fraction of sp³-hybridized carbons (Fsp3) is 0.250. The summed E-state index contributed by atoms with van der Waals surface area (Å²) in [7, 11) is 0. The van der Waals surface area contributed by atoms with Crippen molar-refractivity contribution in [2.45, 2.75) is 19.4 Å². The summed E-state index contributed by atoms with van der Waals surface area (Å²) in [5.74, 6) is 0. The zero-order valence-electron chi connectivity index (χ0n) is 8.85. The largest absolute Gasteiger partial charge is 0.386 e. The number of nitrogens with zero attached hydrogens (tertiary/aromatic N) is 1. The lowest BCUT2D eigenvalue weighted by atomic mass is 10.1. The Hall–Kier alpha value is -0.460. The minimum atomic E-state index is -0.495. The number of hydrogen-bond acceptors (Lipinski definition) is 3.